The normalized spacial score (nSPS) is 12.7. The lowest BCUT2D eigenvalue weighted by molar-refractivity contribution is -0.141. The van der Waals surface area contributed by atoms with E-state index in [2.05, 4.69) is 10.3 Å². The summed E-state index contributed by atoms with van der Waals surface area (Å²) in [5.41, 5.74) is 4.80. The van der Waals surface area contributed by atoms with Crippen LogP contribution in [-0.2, 0) is 6.18 Å². The second-order valence-corrected chi connectivity index (χ2v) is 4.23. The molecule has 106 valence electrons. The lowest BCUT2D eigenvalue weighted by atomic mass is 10.1. The van der Waals surface area contributed by atoms with Gasteiger partial charge in [0.25, 0.3) is 0 Å². The highest BCUT2D eigenvalue weighted by molar-refractivity contribution is 6.31. The molecule has 20 heavy (non-hydrogen) atoms. The third kappa shape index (κ3) is 2.69. The van der Waals surface area contributed by atoms with Gasteiger partial charge >= 0.3 is 6.18 Å². The van der Waals surface area contributed by atoms with E-state index in [9.17, 15) is 13.2 Å². The Hall–Kier alpha value is -2.22. The highest BCUT2D eigenvalue weighted by atomic mass is 35.5. The van der Waals surface area contributed by atoms with Crippen molar-refractivity contribution in [3.63, 3.8) is 0 Å². The van der Waals surface area contributed by atoms with Gasteiger partial charge in [0, 0.05) is 16.8 Å². The van der Waals surface area contributed by atoms with E-state index < -0.39 is 11.9 Å². The maximum absolute atomic E-state index is 12.5. The van der Waals surface area contributed by atoms with Gasteiger partial charge in [-0.15, -0.1) is 0 Å². The van der Waals surface area contributed by atoms with Crippen molar-refractivity contribution in [1.82, 2.24) is 9.78 Å². The molecule has 0 aliphatic heterocycles. The molecule has 9 heteroatoms. The van der Waals surface area contributed by atoms with E-state index in [0.29, 0.717) is 5.02 Å². The Morgan fingerprint density at radius 2 is 2.05 bits per heavy atom. The molecule has 0 atom stereocenters. The molecule has 2 rings (SSSR count). The van der Waals surface area contributed by atoms with Crippen LogP contribution < -0.4 is 5.73 Å². The first-order chi connectivity index (χ1) is 9.32. The van der Waals surface area contributed by atoms with Crippen LogP contribution >= 0.6 is 11.6 Å². The second kappa shape index (κ2) is 5.04. The highest BCUT2D eigenvalue weighted by Crippen LogP contribution is 2.28. The molecular weight excluding hydrogens is 297 g/mol. The topological polar surface area (TPSA) is 76.4 Å². The molecule has 0 saturated carbocycles. The maximum atomic E-state index is 12.5. The highest BCUT2D eigenvalue weighted by Gasteiger charge is 2.33. The number of hydrogen-bond acceptors (Lipinski definition) is 3. The predicted molar refractivity (Wildman–Crippen MR) is 66.1 cm³/mol. The molecule has 1 aromatic heterocycles. The molecule has 1 heterocycles. The summed E-state index contributed by atoms with van der Waals surface area (Å²) in [4.78, 5) is 0. The van der Waals surface area contributed by atoms with E-state index in [4.69, 9.17) is 22.5 Å². The molecule has 0 bridgehead atoms. The fraction of sp³-hybridized carbons (Fsp3) is 0.0909. The van der Waals surface area contributed by atoms with Crippen molar-refractivity contribution in [3.8, 4) is 5.69 Å². The van der Waals surface area contributed by atoms with Crippen LogP contribution in [0, 0.1) is 0 Å². The molecule has 5 nitrogen and oxygen atoms in total. The Bertz CT molecular complexity index is 666. The van der Waals surface area contributed by atoms with Crippen LogP contribution in [0.2, 0.25) is 5.02 Å². The van der Waals surface area contributed by atoms with Crippen LogP contribution in [0.25, 0.3) is 5.69 Å². The van der Waals surface area contributed by atoms with Gasteiger partial charge in [-0.05, 0) is 24.3 Å². The van der Waals surface area contributed by atoms with Crippen molar-refractivity contribution in [2.24, 2.45) is 10.9 Å². The largest absolute Gasteiger partial charge is 0.435 e. The monoisotopic (exact) mass is 304 g/mol. The predicted octanol–water partition coefficient (Wildman–Crippen LogP) is 2.64. The van der Waals surface area contributed by atoms with Gasteiger partial charge in [-0.1, -0.05) is 16.8 Å². The lowest BCUT2D eigenvalue weighted by Crippen LogP contribution is -2.17. The van der Waals surface area contributed by atoms with Gasteiger partial charge < -0.3 is 10.9 Å². The fourth-order valence-corrected chi connectivity index (χ4v) is 1.75. The summed E-state index contributed by atoms with van der Waals surface area (Å²) in [5.74, 6) is -0.286. The summed E-state index contributed by atoms with van der Waals surface area (Å²) >= 11 is 5.78. The average molecular weight is 305 g/mol. The van der Waals surface area contributed by atoms with Gasteiger partial charge in [-0.25, -0.2) is 4.68 Å². The molecule has 0 fully saturated rings. The summed E-state index contributed by atoms with van der Waals surface area (Å²) in [6.45, 7) is 0. The molecule has 0 aliphatic rings. The van der Waals surface area contributed by atoms with Gasteiger partial charge in [0.2, 0.25) is 0 Å². The molecule has 0 unspecified atom stereocenters. The van der Waals surface area contributed by atoms with Crippen LogP contribution in [0.1, 0.15) is 11.3 Å². The quantitative estimate of drug-likeness (QED) is 0.387. The number of alkyl halides is 3. The van der Waals surface area contributed by atoms with E-state index in [0.717, 1.165) is 16.9 Å². The zero-order valence-corrected chi connectivity index (χ0v) is 10.5. The summed E-state index contributed by atoms with van der Waals surface area (Å²) in [6, 6.07) is 5.06. The van der Waals surface area contributed by atoms with Crippen LogP contribution in [-0.4, -0.2) is 20.8 Å². The number of nitrogens with two attached hydrogens (primary N) is 1. The Balaban J connectivity index is 2.56. The van der Waals surface area contributed by atoms with Gasteiger partial charge in [0.1, 0.15) is 0 Å². The smallest absolute Gasteiger partial charge is 0.409 e. The molecular formula is C11H8ClF3N4O. The van der Waals surface area contributed by atoms with Crippen molar-refractivity contribution < 1.29 is 18.4 Å². The summed E-state index contributed by atoms with van der Waals surface area (Å²) in [7, 11) is 0. The standard InChI is InChI=1S/C11H8ClF3N4O/c12-6-1-2-8(7(5-6)10(16)18-20)19-4-3-9(17-19)11(13,14)15/h1-5,20H,(H2,16,18). The van der Waals surface area contributed by atoms with E-state index in [1.54, 1.807) is 0 Å². The Morgan fingerprint density at radius 1 is 1.35 bits per heavy atom. The van der Waals surface area contributed by atoms with Crippen molar-refractivity contribution in [1.29, 1.82) is 0 Å². The molecule has 0 saturated heterocycles. The molecule has 1 aromatic carbocycles. The van der Waals surface area contributed by atoms with Crippen LogP contribution in [0.4, 0.5) is 13.2 Å². The summed E-state index contributed by atoms with van der Waals surface area (Å²) in [5, 5.41) is 15.2. The van der Waals surface area contributed by atoms with Crippen molar-refractivity contribution in [3.05, 3.63) is 46.7 Å². The SMILES string of the molecule is NC(=NO)c1cc(Cl)ccc1-n1ccc(C(F)(F)F)n1. The zero-order valence-electron chi connectivity index (χ0n) is 9.76. The number of nitrogens with zero attached hydrogens (tertiary/aromatic N) is 3. The minimum atomic E-state index is -4.55. The van der Waals surface area contributed by atoms with Crippen LogP contribution in [0.5, 0.6) is 0 Å². The number of halogens is 4. The summed E-state index contributed by atoms with van der Waals surface area (Å²) < 4.78 is 38.5. The first-order valence-corrected chi connectivity index (χ1v) is 5.61. The average Bonchev–Trinajstić information content (AvgIpc) is 2.87. The first kappa shape index (κ1) is 14.2. The molecule has 0 radical (unpaired) electrons. The van der Waals surface area contributed by atoms with Crippen LogP contribution in [0.3, 0.4) is 0 Å². The zero-order chi connectivity index (χ0) is 14.9. The third-order valence-corrected chi connectivity index (χ3v) is 2.70. The van der Waals surface area contributed by atoms with E-state index >= 15 is 0 Å². The van der Waals surface area contributed by atoms with Crippen LogP contribution in [0.15, 0.2) is 35.6 Å². The number of oxime groups is 1. The molecule has 0 aliphatic carbocycles. The number of amidine groups is 1. The van der Waals surface area contributed by atoms with E-state index in [1.807, 2.05) is 0 Å². The van der Waals surface area contributed by atoms with Crippen molar-refractivity contribution in [2.75, 3.05) is 0 Å². The van der Waals surface area contributed by atoms with Gasteiger partial charge in [-0.2, -0.15) is 18.3 Å². The minimum absolute atomic E-state index is 0.164. The summed E-state index contributed by atoms with van der Waals surface area (Å²) in [6.07, 6.45) is -3.42. The van der Waals surface area contributed by atoms with Gasteiger partial charge in [-0.3, -0.25) is 0 Å². The Kier molecular flexibility index (Phi) is 3.58. The van der Waals surface area contributed by atoms with Crippen molar-refractivity contribution in [2.45, 2.75) is 6.18 Å². The first-order valence-electron chi connectivity index (χ1n) is 5.23. The van der Waals surface area contributed by atoms with Gasteiger partial charge in [0.15, 0.2) is 11.5 Å². The van der Waals surface area contributed by atoms with E-state index in [-0.39, 0.29) is 17.1 Å². The fourth-order valence-electron chi connectivity index (χ4n) is 1.58. The number of benzene rings is 1. The third-order valence-electron chi connectivity index (χ3n) is 2.47. The minimum Gasteiger partial charge on any atom is -0.409 e. The molecule has 0 amide bonds. The lowest BCUT2D eigenvalue weighted by Gasteiger charge is -2.09. The maximum Gasteiger partial charge on any atom is 0.435 e. The number of hydrogen-bond donors (Lipinski definition) is 2. The molecule has 3 N–H and O–H groups in total. The Labute approximate surface area is 116 Å². The Morgan fingerprint density at radius 3 is 2.60 bits per heavy atom. The van der Waals surface area contributed by atoms with Gasteiger partial charge in [0.05, 0.1) is 5.69 Å². The second-order valence-electron chi connectivity index (χ2n) is 3.79. The number of aromatic nitrogens is 2. The van der Waals surface area contributed by atoms with E-state index in [1.165, 1.54) is 18.2 Å². The molecule has 0 spiro atoms. The number of rotatable bonds is 2. The molecule has 2 aromatic rings. The van der Waals surface area contributed by atoms with Crippen molar-refractivity contribution >= 4 is 17.4 Å².